The zero-order valence-electron chi connectivity index (χ0n) is 51.8. The van der Waals surface area contributed by atoms with Gasteiger partial charge in [0.25, 0.3) is 35.4 Å². The number of esters is 1. The van der Waals surface area contributed by atoms with Crippen LogP contribution in [-0.2, 0) is 66.9 Å². The van der Waals surface area contributed by atoms with Crippen LogP contribution in [0.3, 0.4) is 0 Å². The van der Waals surface area contributed by atoms with Gasteiger partial charge in [0.1, 0.15) is 0 Å². The number of thioether (sulfide) groups is 3. The van der Waals surface area contributed by atoms with Crippen molar-refractivity contribution in [3.05, 3.63) is 36.5 Å². The van der Waals surface area contributed by atoms with Crippen molar-refractivity contribution in [2.75, 3.05) is 101 Å². The van der Waals surface area contributed by atoms with Gasteiger partial charge in [-0.25, -0.2) is 0 Å². The number of carbonyl (C=O) groups is 10. The molecule has 3 heterocycles. The van der Waals surface area contributed by atoms with Crippen molar-refractivity contribution in [2.45, 2.75) is 155 Å². The third-order valence-electron chi connectivity index (χ3n) is 19.6. The summed E-state index contributed by atoms with van der Waals surface area (Å²) >= 11 is 5.36. The molecule has 9 amide bonds. The van der Waals surface area contributed by atoms with E-state index in [1.54, 1.807) is 35.3 Å². The summed E-state index contributed by atoms with van der Waals surface area (Å²) in [5.74, 6) is 4.73. The quantitative estimate of drug-likeness (QED) is 0.0339. The Morgan fingerprint density at radius 2 is 1.03 bits per heavy atom. The van der Waals surface area contributed by atoms with Crippen LogP contribution in [0.4, 0.5) is 0 Å². The van der Waals surface area contributed by atoms with Crippen LogP contribution in [-0.4, -0.2) is 193 Å². The zero-order valence-corrected chi connectivity index (χ0v) is 54.2. The van der Waals surface area contributed by atoms with Crippen LogP contribution in [0.25, 0.3) is 0 Å². The van der Waals surface area contributed by atoms with Crippen molar-refractivity contribution in [1.82, 2.24) is 30.7 Å². The first-order valence-electron chi connectivity index (χ1n) is 32.0. The smallest absolute Gasteiger partial charge is 0.305 e. The second-order valence-corrected chi connectivity index (χ2v) is 28.6. The van der Waals surface area contributed by atoms with Crippen LogP contribution in [0.2, 0.25) is 0 Å². The number of carbonyl (C=O) groups excluding carboxylic acids is 10. The highest BCUT2D eigenvalue weighted by molar-refractivity contribution is 7.99. The molecule has 7 aliphatic rings. The maximum Gasteiger partial charge on any atom is 0.305 e. The maximum atomic E-state index is 12.6. The van der Waals surface area contributed by atoms with E-state index in [4.69, 9.17) is 18.9 Å². The highest BCUT2D eigenvalue weighted by Gasteiger charge is 2.66. The van der Waals surface area contributed by atoms with Crippen LogP contribution in [0, 0.1) is 46.3 Å². The molecular weight excluding hydrogens is 1170 g/mol. The average molecular weight is 1270 g/mol. The van der Waals surface area contributed by atoms with Gasteiger partial charge in [-0.15, -0.1) is 0 Å². The lowest BCUT2D eigenvalue weighted by Gasteiger charge is -2.65. The summed E-state index contributed by atoms with van der Waals surface area (Å²) in [6.07, 6.45) is 21.2. The second-order valence-electron chi connectivity index (χ2n) is 24.9. The standard InChI is InChI=1S/C64H96N6O14S3/c1-44(11-5-14-61(80)81-4)47-15-16-48-62-49(43-51(64(47,48)3)84-34-10-37-87-39-27-66-53(72)13-7-30-69-57(76)19-20-58(69)77)63(2)25-23-46(82-32-8-35-85-40-28-67-54(73)24-31-70-59(78)21-22-60(70)79)41-45(63)42-50(62)83-33-9-36-86-38-26-65-52(71)12-6-29-68-55(74)17-18-56(68)75/h17-22,44-51,62H,5-16,23-43H2,1-4H3,(H,65,71)(H,66,72)(H,67,73)/t44-,45?,46-,47+,48?,49?,50-,51+,62?,63+,64-/m1/s1. The highest BCUT2D eigenvalue weighted by atomic mass is 32.2. The Labute approximate surface area is 527 Å². The molecule has 0 aromatic heterocycles. The number of hydrogen-bond acceptors (Lipinski definition) is 17. The van der Waals surface area contributed by atoms with E-state index >= 15 is 0 Å². The SMILES string of the molecule is COC(=O)CCC[C@@H](C)[C@@H]1CCC2C3C(C[C@H](OCCCSCCNC(=O)CCCN4C(=O)C=CC4=O)[C@@]21C)[C@@]1(C)CC[C@@H](OCCCSCCNC(=O)CCN2C(=O)C=CC2=O)CC1C[C@H]3OCCCSCCNC(=O)CCCN1C(=O)C=CC1=O. The number of hydrogen-bond donors (Lipinski definition) is 3. The summed E-state index contributed by atoms with van der Waals surface area (Å²) in [4.78, 5) is 124. The van der Waals surface area contributed by atoms with Gasteiger partial charge in [0.05, 0.1) is 25.4 Å². The minimum atomic E-state index is -0.385. The van der Waals surface area contributed by atoms with Gasteiger partial charge in [-0.2, -0.15) is 35.3 Å². The number of amides is 9. The van der Waals surface area contributed by atoms with Crippen molar-refractivity contribution < 1.29 is 66.9 Å². The lowest BCUT2D eigenvalue weighted by Crippen LogP contribution is -2.63. The van der Waals surface area contributed by atoms with E-state index < -0.39 is 0 Å². The molecule has 4 aliphatic carbocycles. The van der Waals surface area contributed by atoms with Crippen LogP contribution in [0.1, 0.15) is 136 Å². The Bertz CT molecular complexity index is 2450. The molecule has 11 atom stereocenters. The number of fused-ring (bicyclic) bond motifs is 5. The van der Waals surface area contributed by atoms with E-state index in [1.165, 1.54) is 43.6 Å². The normalized spacial score (nSPS) is 27.7. The summed E-state index contributed by atoms with van der Waals surface area (Å²) in [5.41, 5.74) is -0.0196. The van der Waals surface area contributed by atoms with Crippen LogP contribution >= 0.6 is 35.3 Å². The summed E-state index contributed by atoms with van der Waals surface area (Å²) in [6.45, 7) is 11.5. The van der Waals surface area contributed by atoms with Crippen LogP contribution in [0.5, 0.6) is 0 Å². The van der Waals surface area contributed by atoms with Gasteiger partial charge in [0.15, 0.2) is 0 Å². The van der Waals surface area contributed by atoms with Gasteiger partial charge in [0.2, 0.25) is 17.7 Å². The second kappa shape index (κ2) is 35.2. The Kier molecular flexibility index (Phi) is 28.3. The number of imide groups is 3. The van der Waals surface area contributed by atoms with Gasteiger partial charge in [-0.1, -0.05) is 20.8 Å². The largest absolute Gasteiger partial charge is 0.469 e. The number of rotatable bonds is 40. The lowest BCUT2D eigenvalue weighted by atomic mass is 9.43. The van der Waals surface area contributed by atoms with Crippen molar-refractivity contribution in [3.8, 4) is 0 Å². The van der Waals surface area contributed by atoms with E-state index in [1.807, 2.05) is 0 Å². The molecule has 3 N–H and O–H groups in total. The summed E-state index contributed by atoms with van der Waals surface area (Å²) in [6, 6.07) is 0. The van der Waals surface area contributed by atoms with E-state index in [0.29, 0.717) is 94.2 Å². The molecule has 0 radical (unpaired) electrons. The van der Waals surface area contributed by atoms with Gasteiger partial charge in [-0.05, 0) is 148 Å². The van der Waals surface area contributed by atoms with Gasteiger partial charge in [-0.3, -0.25) is 62.6 Å². The molecule has 87 heavy (non-hydrogen) atoms. The van der Waals surface area contributed by atoms with Crippen molar-refractivity contribution in [3.63, 3.8) is 0 Å². The summed E-state index contributed by atoms with van der Waals surface area (Å²) < 4.78 is 26.3. The topological polar surface area (TPSA) is 253 Å². The molecule has 3 aliphatic heterocycles. The summed E-state index contributed by atoms with van der Waals surface area (Å²) in [7, 11) is 1.45. The van der Waals surface area contributed by atoms with Crippen LogP contribution < -0.4 is 16.0 Å². The third-order valence-corrected chi connectivity index (χ3v) is 22.8. The fourth-order valence-electron chi connectivity index (χ4n) is 15.0. The Morgan fingerprint density at radius 3 is 1.55 bits per heavy atom. The molecule has 0 saturated heterocycles. The van der Waals surface area contributed by atoms with Gasteiger partial charge < -0.3 is 34.9 Å². The molecule has 0 spiro atoms. The van der Waals surface area contributed by atoms with Crippen molar-refractivity contribution in [1.29, 1.82) is 0 Å². The molecule has 0 aromatic carbocycles. The molecule has 0 bridgehead atoms. The van der Waals surface area contributed by atoms with E-state index in [2.05, 4.69) is 36.7 Å². The molecular formula is C64H96N6O14S3. The van der Waals surface area contributed by atoms with Crippen molar-refractivity contribution >= 4 is 94.4 Å². The van der Waals surface area contributed by atoms with Gasteiger partial charge in [0, 0.05) is 144 Å². The fourth-order valence-corrected chi connectivity index (χ4v) is 17.3. The molecule has 0 aromatic rings. The Hall–Kier alpha value is -4.55. The molecule has 20 nitrogen and oxygen atoms in total. The molecule has 4 fully saturated rings. The predicted octanol–water partition coefficient (Wildman–Crippen LogP) is 6.44. The van der Waals surface area contributed by atoms with Crippen LogP contribution in [0.15, 0.2) is 36.5 Å². The Morgan fingerprint density at radius 1 is 0.552 bits per heavy atom. The lowest BCUT2D eigenvalue weighted by molar-refractivity contribution is -0.227. The van der Waals surface area contributed by atoms with E-state index in [-0.39, 0.29) is 127 Å². The number of nitrogens with zero attached hydrogens (tertiary/aromatic N) is 3. The minimum absolute atomic E-state index is 0.0537. The van der Waals surface area contributed by atoms with Gasteiger partial charge >= 0.3 is 5.97 Å². The molecule has 4 saturated carbocycles. The Balaban J connectivity index is 0.925. The number of ether oxygens (including phenoxy) is 4. The van der Waals surface area contributed by atoms with Crippen molar-refractivity contribution in [2.24, 2.45) is 46.3 Å². The minimum Gasteiger partial charge on any atom is -0.469 e. The molecule has 7 rings (SSSR count). The zero-order chi connectivity index (χ0) is 62.3. The summed E-state index contributed by atoms with van der Waals surface area (Å²) in [5, 5.41) is 8.87. The molecule has 23 heteroatoms. The highest BCUT2D eigenvalue weighted by Crippen LogP contribution is 2.69. The number of methoxy groups -OCH3 is 1. The molecule has 4 unspecified atom stereocenters. The average Bonchev–Trinajstić information content (AvgIpc) is 1.71. The first-order valence-corrected chi connectivity index (χ1v) is 35.5. The first kappa shape index (κ1) is 69.9. The fraction of sp³-hybridized carbons (Fsp3) is 0.750. The monoisotopic (exact) mass is 1270 g/mol. The van der Waals surface area contributed by atoms with E-state index in [0.717, 1.165) is 126 Å². The molecule has 484 valence electrons. The maximum absolute atomic E-state index is 12.6. The predicted molar refractivity (Wildman–Crippen MR) is 336 cm³/mol. The van der Waals surface area contributed by atoms with E-state index in [9.17, 15) is 47.9 Å². The first-order chi connectivity index (χ1) is 41.9. The number of nitrogens with one attached hydrogen (secondary N) is 3. The third kappa shape index (κ3) is 19.7.